The lowest BCUT2D eigenvalue weighted by molar-refractivity contribution is 0.142. The zero-order chi connectivity index (χ0) is 15.0. The van der Waals surface area contributed by atoms with Crippen LogP contribution in [0.4, 0.5) is 0 Å². The van der Waals surface area contributed by atoms with Crippen molar-refractivity contribution in [2.24, 2.45) is 0 Å². The van der Waals surface area contributed by atoms with Gasteiger partial charge in [0.05, 0.1) is 6.04 Å². The Morgan fingerprint density at radius 2 is 2.10 bits per heavy atom. The quantitative estimate of drug-likeness (QED) is 0.843. The summed E-state index contributed by atoms with van der Waals surface area (Å²) in [5.74, 6) is 1.19. The summed E-state index contributed by atoms with van der Waals surface area (Å²) in [6.07, 6.45) is 5.67. The van der Waals surface area contributed by atoms with Crippen molar-refractivity contribution in [3.05, 3.63) is 24.2 Å². The number of pyridine rings is 1. The van der Waals surface area contributed by atoms with Crippen LogP contribution in [0.25, 0.3) is 11.2 Å². The molecule has 1 aliphatic rings. The van der Waals surface area contributed by atoms with Crippen molar-refractivity contribution < 1.29 is 0 Å². The van der Waals surface area contributed by atoms with E-state index >= 15 is 0 Å². The SMILES string of the molecule is CCN1CCCCC1c1nc2cccnc2n1C(C)(C)C. The molecule has 0 bridgehead atoms. The van der Waals surface area contributed by atoms with E-state index in [1.165, 1.54) is 31.6 Å². The largest absolute Gasteiger partial charge is 0.306 e. The molecule has 0 radical (unpaired) electrons. The molecule has 4 heteroatoms. The summed E-state index contributed by atoms with van der Waals surface area (Å²) in [4.78, 5) is 12.1. The van der Waals surface area contributed by atoms with Crippen LogP contribution in [0.3, 0.4) is 0 Å². The first-order chi connectivity index (χ1) is 10.0. The Kier molecular flexibility index (Phi) is 3.74. The van der Waals surface area contributed by atoms with Crippen molar-refractivity contribution in [3.63, 3.8) is 0 Å². The molecule has 0 spiro atoms. The van der Waals surface area contributed by atoms with Crippen LogP contribution in [-0.2, 0) is 5.54 Å². The molecule has 0 amide bonds. The molecule has 1 saturated heterocycles. The Labute approximate surface area is 127 Å². The Morgan fingerprint density at radius 3 is 2.81 bits per heavy atom. The fourth-order valence-electron chi connectivity index (χ4n) is 3.48. The lowest BCUT2D eigenvalue weighted by Gasteiger charge is -2.36. The standard InChI is InChI=1S/C17H26N4/c1-5-20-12-7-6-10-14(20)16-19-13-9-8-11-18-15(13)21(16)17(2,3)4/h8-9,11,14H,5-7,10,12H2,1-4H3. The van der Waals surface area contributed by atoms with Crippen LogP contribution in [0.5, 0.6) is 0 Å². The smallest absolute Gasteiger partial charge is 0.160 e. The number of aromatic nitrogens is 3. The number of hydrogen-bond donors (Lipinski definition) is 0. The van der Waals surface area contributed by atoms with Gasteiger partial charge in [0.1, 0.15) is 11.3 Å². The minimum Gasteiger partial charge on any atom is -0.306 e. The topological polar surface area (TPSA) is 34.0 Å². The van der Waals surface area contributed by atoms with Gasteiger partial charge in [0, 0.05) is 11.7 Å². The van der Waals surface area contributed by atoms with Gasteiger partial charge in [-0.1, -0.05) is 13.3 Å². The third-order valence-electron chi connectivity index (χ3n) is 4.43. The van der Waals surface area contributed by atoms with Crippen LogP contribution in [0.15, 0.2) is 18.3 Å². The number of rotatable bonds is 2. The molecular formula is C17H26N4. The average molecular weight is 286 g/mol. The molecule has 0 aliphatic carbocycles. The number of hydrogen-bond acceptors (Lipinski definition) is 3. The maximum atomic E-state index is 4.96. The third-order valence-corrected chi connectivity index (χ3v) is 4.43. The fourth-order valence-corrected chi connectivity index (χ4v) is 3.48. The summed E-state index contributed by atoms with van der Waals surface area (Å²) in [6.45, 7) is 11.2. The van der Waals surface area contributed by atoms with Gasteiger partial charge in [0.25, 0.3) is 0 Å². The Hall–Kier alpha value is -1.42. The summed E-state index contributed by atoms with van der Waals surface area (Å²) < 4.78 is 2.35. The van der Waals surface area contributed by atoms with Gasteiger partial charge in [0.15, 0.2) is 5.65 Å². The average Bonchev–Trinajstić information content (AvgIpc) is 2.86. The van der Waals surface area contributed by atoms with Crippen LogP contribution >= 0.6 is 0 Å². The van der Waals surface area contributed by atoms with Gasteiger partial charge in [-0.25, -0.2) is 9.97 Å². The van der Waals surface area contributed by atoms with Crippen molar-refractivity contribution in [3.8, 4) is 0 Å². The summed E-state index contributed by atoms with van der Waals surface area (Å²) in [6, 6.07) is 4.48. The van der Waals surface area contributed by atoms with Crippen molar-refractivity contribution in [2.75, 3.05) is 13.1 Å². The lowest BCUT2D eigenvalue weighted by Crippen LogP contribution is -2.37. The highest BCUT2D eigenvalue weighted by Gasteiger charge is 2.31. The summed E-state index contributed by atoms with van der Waals surface area (Å²) in [5.41, 5.74) is 2.03. The highest BCUT2D eigenvalue weighted by atomic mass is 15.2. The highest BCUT2D eigenvalue weighted by Crippen LogP contribution is 2.34. The molecule has 3 rings (SSSR count). The first kappa shape index (κ1) is 14.5. The molecule has 2 aromatic rings. The summed E-state index contributed by atoms with van der Waals surface area (Å²) >= 11 is 0. The second-order valence-electron chi connectivity index (χ2n) is 6.96. The van der Waals surface area contributed by atoms with Crippen molar-refractivity contribution >= 4 is 11.2 Å². The number of imidazole rings is 1. The molecule has 1 unspecified atom stereocenters. The zero-order valence-corrected chi connectivity index (χ0v) is 13.6. The molecule has 0 aromatic carbocycles. The van der Waals surface area contributed by atoms with E-state index in [0.717, 1.165) is 17.7 Å². The highest BCUT2D eigenvalue weighted by molar-refractivity contribution is 5.71. The number of likely N-dealkylation sites (tertiary alicyclic amines) is 1. The van der Waals surface area contributed by atoms with E-state index in [4.69, 9.17) is 4.98 Å². The van der Waals surface area contributed by atoms with E-state index in [-0.39, 0.29) is 5.54 Å². The van der Waals surface area contributed by atoms with E-state index in [9.17, 15) is 0 Å². The predicted octanol–water partition coefficient (Wildman–Crippen LogP) is 3.73. The molecule has 1 atom stereocenters. The first-order valence-electron chi connectivity index (χ1n) is 8.10. The van der Waals surface area contributed by atoms with Crippen LogP contribution < -0.4 is 0 Å². The van der Waals surface area contributed by atoms with Gasteiger partial charge >= 0.3 is 0 Å². The van der Waals surface area contributed by atoms with E-state index in [1.54, 1.807) is 0 Å². The molecule has 0 N–H and O–H groups in total. The fraction of sp³-hybridized carbons (Fsp3) is 0.647. The monoisotopic (exact) mass is 286 g/mol. The van der Waals surface area contributed by atoms with Crippen molar-refractivity contribution in [1.82, 2.24) is 19.4 Å². The number of piperidine rings is 1. The maximum absolute atomic E-state index is 4.96. The Balaban J connectivity index is 2.17. The van der Waals surface area contributed by atoms with E-state index in [0.29, 0.717) is 6.04 Å². The summed E-state index contributed by atoms with van der Waals surface area (Å²) in [7, 11) is 0. The maximum Gasteiger partial charge on any atom is 0.160 e. The molecule has 1 fully saturated rings. The normalized spacial score (nSPS) is 21.0. The lowest BCUT2D eigenvalue weighted by atomic mass is 10.00. The van der Waals surface area contributed by atoms with E-state index in [1.807, 2.05) is 12.3 Å². The van der Waals surface area contributed by atoms with Gasteiger partial charge in [-0.2, -0.15) is 0 Å². The van der Waals surface area contributed by atoms with Crippen LogP contribution in [-0.4, -0.2) is 32.5 Å². The van der Waals surface area contributed by atoms with E-state index < -0.39 is 0 Å². The third kappa shape index (κ3) is 2.57. The minimum atomic E-state index is -0.00467. The molecule has 114 valence electrons. The molecule has 3 heterocycles. The van der Waals surface area contributed by atoms with Crippen LogP contribution in [0, 0.1) is 0 Å². The van der Waals surface area contributed by atoms with Gasteiger partial charge in [-0.05, 0) is 58.8 Å². The molecule has 2 aromatic heterocycles. The molecule has 1 aliphatic heterocycles. The predicted molar refractivity (Wildman–Crippen MR) is 86.4 cm³/mol. The second-order valence-corrected chi connectivity index (χ2v) is 6.96. The van der Waals surface area contributed by atoms with Gasteiger partial charge in [-0.15, -0.1) is 0 Å². The molecular weight excluding hydrogens is 260 g/mol. The van der Waals surface area contributed by atoms with Gasteiger partial charge < -0.3 is 4.57 Å². The Morgan fingerprint density at radius 1 is 1.29 bits per heavy atom. The Bertz CT molecular complexity index is 623. The van der Waals surface area contributed by atoms with Gasteiger partial charge in [-0.3, -0.25) is 4.90 Å². The molecule has 4 nitrogen and oxygen atoms in total. The molecule has 0 saturated carbocycles. The molecule has 21 heavy (non-hydrogen) atoms. The van der Waals surface area contributed by atoms with Crippen molar-refractivity contribution in [2.45, 2.75) is 58.5 Å². The first-order valence-corrected chi connectivity index (χ1v) is 8.10. The summed E-state index contributed by atoms with van der Waals surface area (Å²) in [5, 5.41) is 0. The van der Waals surface area contributed by atoms with Gasteiger partial charge in [0.2, 0.25) is 0 Å². The van der Waals surface area contributed by atoms with Crippen molar-refractivity contribution in [1.29, 1.82) is 0 Å². The second kappa shape index (κ2) is 5.41. The van der Waals surface area contributed by atoms with E-state index in [2.05, 4.69) is 48.2 Å². The number of fused-ring (bicyclic) bond motifs is 1. The minimum absolute atomic E-state index is 0.00467. The number of nitrogens with zero attached hydrogens (tertiary/aromatic N) is 4. The van der Waals surface area contributed by atoms with Crippen LogP contribution in [0.2, 0.25) is 0 Å². The zero-order valence-electron chi connectivity index (χ0n) is 13.6. The van der Waals surface area contributed by atoms with Crippen LogP contribution in [0.1, 0.15) is 58.8 Å².